The first-order valence-electron chi connectivity index (χ1n) is 9.59. The van der Waals surface area contributed by atoms with Gasteiger partial charge in [-0.15, -0.1) is 0 Å². The van der Waals surface area contributed by atoms with Crippen LogP contribution in [-0.2, 0) is 18.4 Å². The van der Waals surface area contributed by atoms with Crippen LogP contribution < -0.4 is 0 Å². The molecule has 1 fully saturated rings. The van der Waals surface area contributed by atoms with Gasteiger partial charge in [-0.1, -0.05) is 26.0 Å². The molecular formula is C21H27FN4O2. The maximum absolute atomic E-state index is 13.2. The molecule has 3 rings (SSSR count). The summed E-state index contributed by atoms with van der Waals surface area (Å²) >= 11 is 0. The Balaban J connectivity index is 1.84. The number of aryl methyl sites for hydroxylation is 2. The first-order valence-corrected chi connectivity index (χ1v) is 9.59. The summed E-state index contributed by atoms with van der Waals surface area (Å²) in [5.41, 5.74) is 2.14. The molecular weight excluding hydrogens is 359 g/mol. The normalized spacial score (nSPS) is 17.9. The predicted molar refractivity (Wildman–Crippen MR) is 104 cm³/mol. The lowest BCUT2D eigenvalue weighted by Gasteiger charge is -2.34. The molecule has 1 atom stereocenters. The third kappa shape index (κ3) is 4.24. The van der Waals surface area contributed by atoms with E-state index in [0.29, 0.717) is 30.9 Å². The van der Waals surface area contributed by atoms with E-state index in [1.807, 2.05) is 11.8 Å². The van der Waals surface area contributed by atoms with Crippen molar-refractivity contribution < 1.29 is 14.0 Å². The lowest BCUT2D eigenvalue weighted by Crippen LogP contribution is -2.47. The third-order valence-electron chi connectivity index (χ3n) is 5.29. The summed E-state index contributed by atoms with van der Waals surface area (Å²) in [5, 5.41) is 4.26. The fourth-order valence-electron chi connectivity index (χ4n) is 3.70. The van der Waals surface area contributed by atoms with Crippen LogP contribution in [0.25, 0.3) is 0 Å². The molecule has 2 aromatic rings. The molecule has 150 valence electrons. The summed E-state index contributed by atoms with van der Waals surface area (Å²) in [7, 11) is 1.79. The summed E-state index contributed by atoms with van der Waals surface area (Å²) in [6.45, 7) is 7.19. The van der Waals surface area contributed by atoms with E-state index >= 15 is 0 Å². The number of rotatable bonds is 4. The minimum Gasteiger partial charge on any atom is -0.336 e. The van der Waals surface area contributed by atoms with Crippen LogP contribution in [0.2, 0.25) is 0 Å². The highest BCUT2D eigenvalue weighted by molar-refractivity contribution is 5.95. The third-order valence-corrected chi connectivity index (χ3v) is 5.29. The summed E-state index contributed by atoms with van der Waals surface area (Å²) in [6.07, 6.45) is 2.00. The van der Waals surface area contributed by atoms with Crippen LogP contribution in [0.3, 0.4) is 0 Å². The molecule has 2 amide bonds. The van der Waals surface area contributed by atoms with Gasteiger partial charge in [0, 0.05) is 39.3 Å². The number of carbonyl (C=O) groups excluding carboxylic acids is 2. The molecule has 0 unspecified atom stereocenters. The first-order chi connectivity index (χ1) is 13.3. The zero-order valence-corrected chi connectivity index (χ0v) is 16.9. The monoisotopic (exact) mass is 386 g/mol. The molecule has 28 heavy (non-hydrogen) atoms. The van der Waals surface area contributed by atoms with E-state index in [2.05, 4.69) is 18.9 Å². The number of hydrogen-bond donors (Lipinski definition) is 0. The van der Waals surface area contributed by atoms with Crippen molar-refractivity contribution in [3.05, 3.63) is 53.1 Å². The van der Waals surface area contributed by atoms with Crippen molar-refractivity contribution in [3.8, 4) is 0 Å². The fourth-order valence-corrected chi connectivity index (χ4v) is 3.70. The van der Waals surface area contributed by atoms with Gasteiger partial charge in [-0.05, 0) is 30.5 Å². The van der Waals surface area contributed by atoms with E-state index < -0.39 is 0 Å². The van der Waals surface area contributed by atoms with Crippen LogP contribution in [0.15, 0.2) is 30.5 Å². The van der Waals surface area contributed by atoms with E-state index in [1.54, 1.807) is 35.0 Å². The van der Waals surface area contributed by atoms with Crippen molar-refractivity contribution in [2.24, 2.45) is 13.0 Å². The number of amides is 2. The van der Waals surface area contributed by atoms with Gasteiger partial charge in [-0.3, -0.25) is 14.3 Å². The van der Waals surface area contributed by atoms with Crippen LogP contribution in [0.1, 0.15) is 41.9 Å². The van der Waals surface area contributed by atoms with Gasteiger partial charge in [0.2, 0.25) is 5.91 Å². The fraction of sp³-hybridized carbons (Fsp3) is 0.476. The molecule has 1 aromatic heterocycles. The van der Waals surface area contributed by atoms with Gasteiger partial charge in [0.1, 0.15) is 5.82 Å². The Morgan fingerprint density at radius 2 is 1.96 bits per heavy atom. The second-order valence-corrected chi connectivity index (χ2v) is 7.76. The van der Waals surface area contributed by atoms with E-state index in [0.717, 1.165) is 5.56 Å². The van der Waals surface area contributed by atoms with Crippen LogP contribution >= 0.6 is 0 Å². The maximum atomic E-state index is 13.2. The van der Waals surface area contributed by atoms with E-state index in [4.69, 9.17) is 0 Å². The second kappa shape index (κ2) is 8.12. The number of carbonyl (C=O) groups is 2. The molecule has 1 aromatic carbocycles. The van der Waals surface area contributed by atoms with E-state index in [1.165, 1.54) is 12.1 Å². The van der Waals surface area contributed by atoms with Crippen LogP contribution in [0, 0.1) is 18.7 Å². The average Bonchev–Trinajstić information content (AvgIpc) is 2.89. The van der Waals surface area contributed by atoms with Crippen molar-refractivity contribution >= 4 is 11.8 Å². The molecule has 1 aliphatic rings. The Labute approximate surface area is 164 Å². The van der Waals surface area contributed by atoms with Gasteiger partial charge in [-0.2, -0.15) is 5.10 Å². The zero-order chi connectivity index (χ0) is 20.4. The highest BCUT2D eigenvalue weighted by Crippen LogP contribution is 2.22. The maximum Gasteiger partial charge on any atom is 0.257 e. The Hall–Kier alpha value is -2.70. The minimum atomic E-state index is -0.296. The molecule has 7 heteroatoms. The summed E-state index contributed by atoms with van der Waals surface area (Å²) < 4.78 is 14.8. The highest BCUT2D eigenvalue weighted by Gasteiger charge is 2.34. The molecule has 0 bridgehead atoms. The highest BCUT2D eigenvalue weighted by atomic mass is 19.1. The number of aromatic nitrogens is 2. The molecule has 6 nitrogen and oxygen atoms in total. The van der Waals surface area contributed by atoms with Gasteiger partial charge in [-0.25, -0.2) is 4.39 Å². The topological polar surface area (TPSA) is 58.4 Å². The smallest absolute Gasteiger partial charge is 0.257 e. The van der Waals surface area contributed by atoms with Crippen LogP contribution in [0.5, 0.6) is 0 Å². The SMILES string of the molecule is Cc1nn(C)cc1C(=O)N1CCC(=O)N(Cc2ccc(F)cc2)[C@@H](C(C)C)C1. The van der Waals surface area contributed by atoms with Gasteiger partial charge in [0.05, 0.1) is 17.3 Å². The molecule has 1 aliphatic heterocycles. The van der Waals surface area contributed by atoms with Gasteiger partial charge in [0.15, 0.2) is 0 Å². The van der Waals surface area contributed by atoms with Crippen molar-refractivity contribution in [2.75, 3.05) is 13.1 Å². The predicted octanol–water partition coefficient (Wildman–Crippen LogP) is 2.77. The van der Waals surface area contributed by atoms with Crippen molar-refractivity contribution in [2.45, 2.75) is 39.8 Å². The number of halogens is 1. The Morgan fingerprint density at radius 1 is 1.29 bits per heavy atom. The lowest BCUT2D eigenvalue weighted by molar-refractivity contribution is -0.134. The summed E-state index contributed by atoms with van der Waals surface area (Å²) in [4.78, 5) is 29.5. The number of nitrogens with zero attached hydrogens (tertiary/aromatic N) is 4. The van der Waals surface area contributed by atoms with Gasteiger partial charge >= 0.3 is 0 Å². The van der Waals surface area contributed by atoms with Crippen molar-refractivity contribution in [1.82, 2.24) is 19.6 Å². The summed E-state index contributed by atoms with van der Waals surface area (Å²) in [5.74, 6) is -0.198. The quantitative estimate of drug-likeness (QED) is 0.812. The molecule has 0 aliphatic carbocycles. The molecule has 0 saturated carbocycles. The minimum absolute atomic E-state index is 0.0150. The molecule has 1 saturated heterocycles. The number of hydrogen-bond acceptors (Lipinski definition) is 3. The first kappa shape index (κ1) is 20.0. The molecule has 0 radical (unpaired) electrons. The van der Waals surface area contributed by atoms with Crippen molar-refractivity contribution in [1.29, 1.82) is 0 Å². The second-order valence-electron chi connectivity index (χ2n) is 7.76. The van der Waals surface area contributed by atoms with Crippen LogP contribution in [0.4, 0.5) is 4.39 Å². The largest absolute Gasteiger partial charge is 0.336 e. The zero-order valence-electron chi connectivity index (χ0n) is 16.9. The average molecular weight is 386 g/mol. The Kier molecular flexibility index (Phi) is 5.82. The molecule has 0 spiro atoms. The van der Waals surface area contributed by atoms with Gasteiger partial charge < -0.3 is 9.80 Å². The van der Waals surface area contributed by atoms with Crippen LogP contribution in [-0.4, -0.2) is 50.5 Å². The Morgan fingerprint density at radius 3 is 2.54 bits per heavy atom. The van der Waals surface area contributed by atoms with E-state index in [-0.39, 0.29) is 36.0 Å². The molecule has 0 N–H and O–H groups in total. The van der Waals surface area contributed by atoms with Gasteiger partial charge in [0.25, 0.3) is 5.91 Å². The number of benzene rings is 1. The standard InChI is InChI=1S/C21H27FN4O2/c1-14(2)19-13-25(21(28)18-12-24(4)23-15(18)3)10-9-20(27)26(19)11-16-5-7-17(22)8-6-16/h5-8,12,14,19H,9-11,13H2,1-4H3/t19-/m1/s1. The Bertz CT molecular complexity index is 860. The van der Waals surface area contributed by atoms with E-state index in [9.17, 15) is 14.0 Å². The van der Waals surface area contributed by atoms with Crippen molar-refractivity contribution in [3.63, 3.8) is 0 Å². The molecule has 2 heterocycles. The summed E-state index contributed by atoms with van der Waals surface area (Å²) in [6, 6.07) is 6.10. The lowest BCUT2D eigenvalue weighted by atomic mass is 10.0.